The van der Waals surface area contributed by atoms with Gasteiger partial charge in [0.05, 0.1) is 12.2 Å². The number of carbonyl (C=O) groups excluding carboxylic acids is 1. The number of thiol groups is 1. The Morgan fingerprint density at radius 3 is 2.57 bits per heavy atom. The first-order valence-corrected chi connectivity index (χ1v) is 7.87. The maximum Gasteiger partial charge on any atom is 0.256 e. The highest BCUT2D eigenvalue weighted by molar-refractivity contribution is 9.10. The second-order valence-electron chi connectivity index (χ2n) is 4.49. The van der Waals surface area contributed by atoms with Gasteiger partial charge in [-0.2, -0.15) is 0 Å². The summed E-state index contributed by atoms with van der Waals surface area (Å²) in [5.41, 5.74) is 1.26. The van der Waals surface area contributed by atoms with Crippen LogP contribution in [-0.4, -0.2) is 12.5 Å². The van der Waals surface area contributed by atoms with E-state index in [0.29, 0.717) is 17.1 Å². The first-order valence-electron chi connectivity index (χ1n) is 6.63. The van der Waals surface area contributed by atoms with Gasteiger partial charge in [-0.15, -0.1) is 12.6 Å². The van der Waals surface area contributed by atoms with Crippen molar-refractivity contribution in [2.45, 2.75) is 18.2 Å². The van der Waals surface area contributed by atoms with Crippen LogP contribution in [-0.2, 0) is 0 Å². The number of ether oxygens (including phenoxy) is 1. The first kappa shape index (κ1) is 15.9. The molecule has 2 aromatic rings. The molecule has 3 nitrogen and oxygen atoms in total. The molecule has 0 unspecified atom stereocenters. The van der Waals surface area contributed by atoms with E-state index >= 15 is 0 Å². The Bertz CT molecular complexity index is 629. The number of hydrogen-bond acceptors (Lipinski definition) is 3. The number of amides is 1. The predicted molar refractivity (Wildman–Crippen MR) is 91.6 cm³/mol. The van der Waals surface area contributed by atoms with Crippen molar-refractivity contribution < 1.29 is 9.53 Å². The number of nitrogens with one attached hydrogen (secondary N) is 1. The third kappa shape index (κ3) is 4.51. The molecular formula is C16H16BrNO2S. The van der Waals surface area contributed by atoms with Gasteiger partial charge in [0.2, 0.25) is 0 Å². The third-order valence-electron chi connectivity index (χ3n) is 2.79. The molecule has 1 N–H and O–H groups in total. The van der Waals surface area contributed by atoms with Crippen LogP contribution in [0, 0.1) is 0 Å². The van der Waals surface area contributed by atoms with E-state index in [2.05, 4.69) is 40.8 Å². The lowest BCUT2D eigenvalue weighted by Gasteiger charge is -2.09. The quantitative estimate of drug-likeness (QED) is 0.748. The zero-order valence-corrected chi connectivity index (χ0v) is 14.1. The van der Waals surface area contributed by atoms with Crippen LogP contribution in [0.15, 0.2) is 51.8 Å². The standard InChI is InChI=1S/C16H16BrNO2S/c1-2-9-20-13-6-4-12(5-7-13)18-16(19)14-8-3-11(17)10-15(14)21/h3-8,10,21H,2,9H2,1H3,(H,18,19). The largest absolute Gasteiger partial charge is 0.494 e. The SMILES string of the molecule is CCCOc1ccc(NC(=O)c2ccc(Br)cc2S)cc1. The summed E-state index contributed by atoms with van der Waals surface area (Å²) in [6.45, 7) is 2.75. The molecule has 2 aromatic carbocycles. The Kier molecular flexibility index (Phi) is 5.70. The molecule has 21 heavy (non-hydrogen) atoms. The highest BCUT2D eigenvalue weighted by Crippen LogP contribution is 2.22. The smallest absolute Gasteiger partial charge is 0.256 e. The molecule has 2 rings (SSSR count). The van der Waals surface area contributed by atoms with Crippen LogP contribution in [0.2, 0.25) is 0 Å². The van der Waals surface area contributed by atoms with Crippen molar-refractivity contribution in [2.75, 3.05) is 11.9 Å². The van der Waals surface area contributed by atoms with Crippen LogP contribution in [0.1, 0.15) is 23.7 Å². The fourth-order valence-electron chi connectivity index (χ4n) is 1.75. The molecule has 0 saturated heterocycles. The van der Waals surface area contributed by atoms with E-state index in [1.807, 2.05) is 30.3 Å². The van der Waals surface area contributed by atoms with Crippen molar-refractivity contribution in [2.24, 2.45) is 0 Å². The Labute approximate surface area is 138 Å². The Balaban J connectivity index is 2.05. The van der Waals surface area contributed by atoms with Gasteiger partial charge in [-0.1, -0.05) is 22.9 Å². The number of hydrogen-bond donors (Lipinski definition) is 2. The minimum absolute atomic E-state index is 0.185. The summed E-state index contributed by atoms with van der Waals surface area (Å²) >= 11 is 7.66. The summed E-state index contributed by atoms with van der Waals surface area (Å²) in [6, 6.07) is 12.7. The van der Waals surface area contributed by atoms with Crippen LogP contribution in [0.4, 0.5) is 5.69 Å². The predicted octanol–water partition coefficient (Wildman–Crippen LogP) is 4.78. The molecule has 0 aromatic heterocycles. The zero-order chi connectivity index (χ0) is 15.2. The number of rotatable bonds is 5. The molecule has 5 heteroatoms. The van der Waals surface area contributed by atoms with E-state index < -0.39 is 0 Å². The van der Waals surface area contributed by atoms with E-state index in [1.165, 1.54) is 0 Å². The van der Waals surface area contributed by atoms with Crippen molar-refractivity contribution in [3.63, 3.8) is 0 Å². The molecule has 0 fully saturated rings. The molecule has 1 amide bonds. The number of benzene rings is 2. The van der Waals surface area contributed by atoms with E-state index in [4.69, 9.17) is 4.74 Å². The van der Waals surface area contributed by atoms with E-state index in [1.54, 1.807) is 12.1 Å². The van der Waals surface area contributed by atoms with Crippen molar-refractivity contribution in [1.82, 2.24) is 0 Å². The normalized spacial score (nSPS) is 10.2. The van der Waals surface area contributed by atoms with Crippen molar-refractivity contribution >= 4 is 40.2 Å². The van der Waals surface area contributed by atoms with Gasteiger partial charge < -0.3 is 10.1 Å². The number of anilines is 1. The fraction of sp³-hybridized carbons (Fsp3) is 0.188. The average molecular weight is 366 g/mol. The second kappa shape index (κ2) is 7.52. The van der Waals surface area contributed by atoms with Crippen molar-refractivity contribution in [3.8, 4) is 5.75 Å². The third-order valence-corrected chi connectivity index (χ3v) is 3.65. The molecule has 0 aliphatic carbocycles. The van der Waals surface area contributed by atoms with Crippen LogP contribution < -0.4 is 10.1 Å². The number of carbonyl (C=O) groups is 1. The molecule has 110 valence electrons. The summed E-state index contributed by atoms with van der Waals surface area (Å²) in [6.07, 6.45) is 0.965. The average Bonchev–Trinajstić information content (AvgIpc) is 2.46. The maximum atomic E-state index is 12.2. The molecule has 0 heterocycles. The molecule has 0 radical (unpaired) electrons. The van der Waals surface area contributed by atoms with E-state index in [9.17, 15) is 4.79 Å². The topological polar surface area (TPSA) is 38.3 Å². The van der Waals surface area contributed by atoms with Gasteiger partial charge in [-0.05, 0) is 48.9 Å². The minimum Gasteiger partial charge on any atom is -0.494 e. The Morgan fingerprint density at radius 2 is 1.95 bits per heavy atom. The van der Waals surface area contributed by atoms with Gasteiger partial charge in [0, 0.05) is 15.1 Å². The van der Waals surface area contributed by atoms with Gasteiger partial charge >= 0.3 is 0 Å². The highest BCUT2D eigenvalue weighted by Gasteiger charge is 2.10. The van der Waals surface area contributed by atoms with Crippen LogP contribution in [0.5, 0.6) is 5.75 Å². The lowest BCUT2D eigenvalue weighted by atomic mass is 10.2. The molecule has 0 bridgehead atoms. The molecular weight excluding hydrogens is 350 g/mol. The fourth-order valence-corrected chi connectivity index (χ4v) is 2.60. The highest BCUT2D eigenvalue weighted by atomic mass is 79.9. The zero-order valence-electron chi connectivity index (χ0n) is 11.6. The number of halogens is 1. The Morgan fingerprint density at radius 1 is 1.24 bits per heavy atom. The van der Waals surface area contributed by atoms with Gasteiger partial charge in [-0.3, -0.25) is 4.79 Å². The molecule has 0 saturated carbocycles. The molecule has 0 aliphatic heterocycles. The molecule has 0 aliphatic rings. The first-order chi connectivity index (χ1) is 10.1. The van der Waals surface area contributed by atoms with Gasteiger partial charge in [0.15, 0.2) is 0 Å². The monoisotopic (exact) mass is 365 g/mol. The lowest BCUT2D eigenvalue weighted by molar-refractivity contribution is 0.102. The summed E-state index contributed by atoms with van der Waals surface area (Å²) in [4.78, 5) is 12.8. The van der Waals surface area contributed by atoms with Crippen molar-refractivity contribution in [1.29, 1.82) is 0 Å². The Hall–Kier alpha value is -1.46. The van der Waals surface area contributed by atoms with Crippen LogP contribution in [0.25, 0.3) is 0 Å². The molecule has 0 spiro atoms. The van der Waals surface area contributed by atoms with Crippen molar-refractivity contribution in [3.05, 3.63) is 52.5 Å². The molecule has 0 atom stereocenters. The summed E-state index contributed by atoms with van der Waals surface area (Å²) in [5, 5.41) is 2.84. The van der Waals surface area contributed by atoms with Gasteiger partial charge in [0.1, 0.15) is 5.75 Å². The summed E-state index contributed by atoms with van der Waals surface area (Å²) in [5.74, 6) is 0.614. The summed E-state index contributed by atoms with van der Waals surface area (Å²) in [7, 11) is 0. The van der Waals surface area contributed by atoms with Crippen LogP contribution >= 0.6 is 28.6 Å². The van der Waals surface area contributed by atoms with E-state index in [0.717, 1.165) is 22.3 Å². The minimum atomic E-state index is -0.185. The summed E-state index contributed by atoms with van der Waals surface area (Å²) < 4.78 is 6.39. The van der Waals surface area contributed by atoms with Gasteiger partial charge in [-0.25, -0.2) is 0 Å². The lowest BCUT2D eigenvalue weighted by Crippen LogP contribution is -2.12. The van der Waals surface area contributed by atoms with E-state index in [-0.39, 0.29) is 5.91 Å². The second-order valence-corrected chi connectivity index (χ2v) is 5.89. The van der Waals surface area contributed by atoms with Gasteiger partial charge in [0.25, 0.3) is 5.91 Å². The maximum absolute atomic E-state index is 12.2. The van der Waals surface area contributed by atoms with Crippen LogP contribution in [0.3, 0.4) is 0 Å².